The molecule has 0 bridgehead atoms. The Bertz CT molecular complexity index is 555. The molecule has 0 radical (unpaired) electrons. The molecule has 0 amide bonds. The van der Waals surface area contributed by atoms with Crippen LogP contribution < -0.4 is 4.74 Å². The lowest BCUT2D eigenvalue weighted by Gasteiger charge is -2.03. The second-order valence-corrected chi connectivity index (χ2v) is 5.82. The van der Waals surface area contributed by atoms with Crippen molar-refractivity contribution in [3.05, 3.63) is 24.0 Å². The van der Waals surface area contributed by atoms with Crippen LogP contribution in [0.4, 0.5) is 0 Å². The zero-order chi connectivity index (χ0) is 13.8. The first-order valence-electron chi connectivity index (χ1n) is 5.91. The third-order valence-corrected chi connectivity index (χ3v) is 3.54. The fourth-order valence-electron chi connectivity index (χ4n) is 1.48. The number of aromatic nitrogens is 2. The number of aromatic hydroxyl groups is 1. The summed E-state index contributed by atoms with van der Waals surface area (Å²) in [6.07, 6.45) is 0. The lowest BCUT2D eigenvalue weighted by molar-refractivity contribution is 0.407. The average Bonchev–Trinajstić information content (AvgIpc) is 2.85. The average molecular weight is 280 g/mol. The van der Waals surface area contributed by atoms with Gasteiger partial charge in [-0.05, 0) is 23.4 Å². The van der Waals surface area contributed by atoms with E-state index in [0.717, 1.165) is 0 Å². The van der Waals surface area contributed by atoms with E-state index in [9.17, 15) is 5.11 Å². The summed E-state index contributed by atoms with van der Waals surface area (Å²) in [7, 11) is 1.56. The van der Waals surface area contributed by atoms with E-state index in [1.54, 1.807) is 37.1 Å². The highest BCUT2D eigenvalue weighted by atomic mass is 32.2. The molecule has 102 valence electrons. The first-order valence-corrected chi connectivity index (χ1v) is 6.96. The van der Waals surface area contributed by atoms with Crippen LogP contribution in [0, 0.1) is 0 Å². The Balaban J connectivity index is 2.22. The van der Waals surface area contributed by atoms with Gasteiger partial charge in [0.15, 0.2) is 5.82 Å². The molecule has 5 nitrogen and oxygen atoms in total. The van der Waals surface area contributed by atoms with Crippen LogP contribution in [0.5, 0.6) is 11.5 Å². The van der Waals surface area contributed by atoms with E-state index in [0.29, 0.717) is 34.0 Å². The van der Waals surface area contributed by atoms with Gasteiger partial charge in [0.05, 0.1) is 18.4 Å². The van der Waals surface area contributed by atoms with Gasteiger partial charge < -0.3 is 14.4 Å². The maximum atomic E-state index is 9.82. The number of phenolic OH excluding ortho intramolecular Hbond substituents is 1. The van der Waals surface area contributed by atoms with Crippen molar-refractivity contribution in [1.82, 2.24) is 10.1 Å². The number of ether oxygens (including phenoxy) is 1. The molecule has 1 heterocycles. The summed E-state index contributed by atoms with van der Waals surface area (Å²) in [6, 6.07) is 4.88. The van der Waals surface area contributed by atoms with Gasteiger partial charge in [0.2, 0.25) is 0 Å². The largest absolute Gasteiger partial charge is 0.507 e. The molecule has 2 rings (SSSR count). The number of benzene rings is 1. The van der Waals surface area contributed by atoms with E-state index in [1.165, 1.54) is 0 Å². The minimum absolute atomic E-state index is 0.0903. The van der Waals surface area contributed by atoms with Gasteiger partial charge in [0.1, 0.15) is 11.5 Å². The summed E-state index contributed by atoms with van der Waals surface area (Å²) in [6.45, 7) is 4.22. The van der Waals surface area contributed by atoms with Crippen LogP contribution in [0.2, 0.25) is 0 Å². The van der Waals surface area contributed by atoms with Crippen molar-refractivity contribution >= 4 is 11.8 Å². The maximum absolute atomic E-state index is 9.82. The molecule has 2 aromatic rings. The van der Waals surface area contributed by atoms with Crippen LogP contribution in [0.1, 0.15) is 19.7 Å². The zero-order valence-electron chi connectivity index (χ0n) is 11.1. The summed E-state index contributed by atoms with van der Waals surface area (Å²) < 4.78 is 10.3. The molecule has 0 saturated carbocycles. The molecule has 0 aliphatic heterocycles. The Morgan fingerprint density at radius 1 is 1.42 bits per heavy atom. The SMILES string of the molecule is COc1ccc(O)c(-c2nc(CSC(C)C)no2)c1. The minimum Gasteiger partial charge on any atom is -0.507 e. The quantitative estimate of drug-likeness (QED) is 0.907. The standard InChI is InChI=1S/C13H16N2O3S/c1-8(2)19-7-12-14-13(18-15-12)10-6-9(17-3)4-5-11(10)16/h4-6,8,16H,7H2,1-3H3. The van der Waals surface area contributed by atoms with E-state index in [1.807, 2.05) is 0 Å². The first-order chi connectivity index (χ1) is 9.10. The first kappa shape index (κ1) is 13.7. The fourth-order valence-corrected chi connectivity index (χ4v) is 2.08. The molecule has 0 atom stereocenters. The molecule has 6 heteroatoms. The highest BCUT2D eigenvalue weighted by molar-refractivity contribution is 7.99. The molecule has 0 aliphatic rings. The molecule has 1 aromatic heterocycles. The van der Waals surface area contributed by atoms with Gasteiger partial charge in [0, 0.05) is 0 Å². The minimum atomic E-state index is 0.0903. The van der Waals surface area contributed by atoms with E-state index in [4.69, 9.17) is 9.26 Å². The number of thioether (sulfide) groups is 1. The summed E-state index contributed by atoms with van der Waals surface area (Å²) in [5.41, 5.74) is 0.479. The second kappa shape index (κ2) is 5.97. The van der Waals surface area contributed by atoms with E-state index in [-0.39, 0.29) is 5.75 Å². The topological polar surface area (TPSA) is 68.4 Å². The third-order valence-electron chi connectivity index (χ3n) is 2.45. The van der Waals surface area contributed by atoms with Crippen LogP contribution in [0.15, 0.2) is 22.7 Å². The Morgan fingerprint density at radius 3 is 2.89 bits per heavy atom. The predicted octanol–water partition coefficient (Wildman–Crippen LogP) is 3.09. The van der Waals surface area contributed by atoms with E-state index < -0.39 is 0 Å². The summed E-state index contributed by atoms with van der Waals surface area (Å²) in [5.74, 6) is 2.33. The number of methoxy groups -OCH3 is 1. The van der Waals surface area contributed by atoms with E-state index in [2.05, 4.69) is 24.0 Å². The van der Waals surface area contributed by atoms with Gasteiger partial charge in [-0.2, -0.15) is 16.7 Å². The van der Waals surface area contributed by atoms with Crippen molar-refractivity contribution in [3.8, 4) is 23.0 Å². The van der Waals surface area contributed by atoms with Crippen LogP contribution in [0.25, 0.3) is 11.5 Å². The lowest BCUT2D eigenvalue weighted by Crippen LogP contribution is -1.91. The molecule has 1 aromatic carbocycles. The highest BCUT2D eigenvalue weighted by Gasteiger charge is 2.14. The Morgan fingerprint density at radius 2 is 2.21 bits per heavy atom. The summed E-state index contributed by atoms with van der Waals surface area (Å²) >= 11 is 1.73. The Kier molecular flexibility index (Phi) is 4.31. The number of hydrogen-bond donors (Lipinski definition) is 1. The number of rotatable bonds is 5. The summed E-state index contributed by atoms with van der Waals surface area (Å²) in [4.78, 5) is 4.27. The molecule has 0 saturated heterocycles. The van der Waals surface area contributed by atoms with Crippen LogP contribution in [-0.4, -0.2) is 27.6 Å². The normalized spacial score (nSPS) is 10.9. The number of nitrogens with zero attached hydrogens (tertiary/aromatic N) is 2. The second-order valence-electron chi connectivity index (χ2n) is 4.26. The van der Waals surface area contributed by atoms with Crippen molar-refractivity contribution in [2.24, 2.45) is 0 Å². The fraction of sp³-hybridized carbons (Fsp3) is 0.385. The van der Waals surface area contributed by atoms with Crippen LogP contribution in [-0.2, 0) is 5.75 Å². The van der Waals surface area contributed by atoms with Gasteiger partial charge >= 0.3 is 0 Å². The van der Waals surface area contributed by atoms with Gasteiger partial charge in [-0.15, -0.1) is 0 Å². The van der Waals surface area contributed by atoms with Crippen molar-refractivity contribution in [2.45, 2.75) is 24.9 Å². The molecular weight excluding hydrogens is 264 g/mol. The van der Waals surface area contributed by atoms with Crippen LogP contribution >= 0.6 is 11.8 Å². The summed E-state index contributed by atoms with van der Waals surface area (Å²) in [5, 5.41) is 14.2. The highest BCUT2D eigenvalue weighted by Crippen LogP contribution is 2.31. The van der Waals surface area contributed by atoms with Crippen molar-refractivity contribution in [2.75, 3.05) is 7.11 Å². The number of hydrogen-bond acceptors (Lipinski definition) is 6. The third kappa shape index (κ3) is 3.41. The van der Waals surface area contributed by atoms with Gasteiger partial charge in [-0.1, -0.05) is 19.0 Å². The molecule has 0 spiro atoms. The molecular formula is C13H16N2O3S. The van der Waals surface area contributed by atoms with E-state index >= 15 is 0 Å². The zero-order valence-corrected chi connectivity index (χ0v) is 11.9. The maximum Gasteiger partial charge on any atom is 0.261 e. The van der Waals surface area contributed by atoms with Gasteiger partial charge in [-0.25, -0.2) is 0 Å². The Hall–Kier alpha value is -1.69. The molecule has 19 heavy (non-hydrogen) atoms. The Labute approximate surface area is 116 Å². The lowest BCUT2D eigenvalue weighted by atomic mass is 10.2. The smallest absolute Gasteiger partial charge is 0.261 e. The molecule has 0 aliphatic carbocycles. The molecule has 0 fully saturated rings. The molecule has 1 N–H and O–H groups in total. The van der Waals surface area contributed by atoms with Crippen molar-refractivity contribution in [1.29, 1.82) is 0 Å². The molecule has 0 unspecified atom stereocenters. The van der Waals surface area contributed by atoms with Crippen molar-refractivity contribution in [3.63, 3.8) is 0 Å². The number of phenols is 1. The van der Waals surface area contributed by atoms with Gasteiger partial charge in [-0.3, -0.25) is 0 Å². The van der Waals surface area contributed by atoms with Crippen LogP contribution in [0.3, 0.4) is 0 Å². The monoisotopic (exact) mass is 280 g/mol. The predicted molar refractivity (Wildman–Crippen MR) is 74.4 cm³/mol. The van der Waals surface area contributed by atoms with Gasteiger partial charge in [0.25, 0.3) is 5.89 Å². The van der Waals surface area contributed by atoms with Crippen molar-refractivity contribution < 1.29 is 14.4 Å².